The summed E-state index contributed by atoms with van der Waals surface area (Å²) in [7, 11) is 0. The van der Waals surface area contributed by atoms with E-state index in [1.54, 1.807) is 13.8 Å². The van der Waals surface area contributed by atoms with Gasteiger partial charge < -0.3 is 15.5 Å². The molecule has 0 aliphatic heterocycles. The highest BCUT2D eigenvalue weighted by Crippen LogP contribution is 2.18. The van der Waals surface area contributed by atoms with E-state index in [2.05, 4.69) is 19.2 Å². The molecule has 0 rings (SSSR count). The molecule has 80 valence electrons. The van der Waals surface area contributed by atoms with E-state index >= 15 is 0 Å². The maximum Gasteiger partial charge on any atom is 0.0715 e. The lowest BCUT2D eigenvalue weighted by Gasteiger charge is -2.26. The zero-order chi connectivity index (χ0) is 10.5. The Labute approximate surface area is 81.2 Å². The van der Waals surface area contributed by atoms with Gasteiger partial charge in [0, 0.05) is 19.7 Å². The molecule has 13 heavy (non-hydrogen) atoms. The van der Waals surface area contributed by atoms with E-state index in [1.807, 2.05) is 0 Å². The second kappa shape index (κ2) is 4.94. The second-order valence-corrected chi connectivity index (χ2v) is 5.05. The van der Waals surface area contributed by atoms with Crippen molar-refractivity contribution in [3.63, 3.8) is 0 Å². The van der Waals surface area contributed by atoms with Crippen LogP contribution in [0.2, 0.25) is 0 Å². The lowest BCUT2D eigenvalue weighted by molar-refractivity contribution is 0.0757. The van der Waals surface area contributed by atoms with Crippen LogP contribution in [-0.4, -0.2) is 35.5 Å². The maximum absolute atomic E-state index is 9.43. The summed E-state index contributed by atoms with van der Waals surface area (Å²) < 4.78 is 0. The molecule has 0 spiro atoms. The molecule has 0 atom stereocenters. The van der Waals surface area contributed by atoms with Crippen LogP contribution in [0.4, 0.5) is 0 Å². The van der Waals surface area contributed by atoms with Gasteiger partial charge in [-0.25, -0.2) is 0 Å². The molecule has 0 saturated heterocycles. The normalized spacial score (nSPS) is 13.4. The molecule has 0 bridgehead atoms. The molecule has 3 nitrogen and oxygen atoms in total. The van der Waals surface area contributed by atoms with Gasteiger partial charge in [0.05, 0.1) is 5.60 Å². The Hall–Kier alpha value is -0.120. The van der Waals surface area contributed by atoms with Crippen molar-refractivity contribution >= 4 is 0 Å². The molecule has 0 heterocycles. The molecule has 3 heteroatoms. The Kier molecular flexibility index (Phi) is 4.89. The molecule has 3 N–H and O–H groups in total. The van der Waals surface area contributed by atoms with Crippen molar-refractivity contribution in [2.75, 3.05) is 19.7 Å². The first-order chi connectivity index (χ1) is 5.77. The van der Waals surface area contributed by atoms with Crippen LogP contribution in [0.15, 0.2) is 0 Å². The Morgan fingerprint density at radius 1 is 1.08 bits per heavy atom. The summed E-state index contributed by atoms with van der Waals surface area (Å²) in [5, 5.41) is 21.4. The summed E-state index contributed by atoms with van der Waals surface area (Å²) in [6.07, 6.45) is 0.784. The van der Waals surface area contributed by atoms with Gasteiger partial charge in [-0.1, -0.05) is 13.8 Å². The lowest BCUT2D eigenvalue weighted by atomic mass is 9.89. The third-order valence-electron chi connectivity index (χ3n) is 1.95. The van der Waals surface area contributed by atoms with Gasteiger partial charge in [-0.2, -0.15) is 0 Å². The van der Waals surface area contributed by atoms with E-state index in [-0.39, 0.29) is 12.0 Å². The highest BCUT2D eigenvalue weighted by molar-refractivity contribution is 4.75. The summed E-state index contributed by atoms with van der Waals surface area (Å²) in [6, 6.07) is 0. The van der Waals surface area contributed by atoms with Gasteiger partial charge in [-0.15, -0.1) is 0 Å². The monoisotopic (exact) mass is 189 g/mol. The summed E-state index contributed by atoms with van der Waals surface area (Å²) in [5.74, 6) is 0. The second-order valence-electron chi connectivity index (χ2n) is 5.05. The quantitative estimate of drug-likeness (QED) is 0.578. The fraction of sp³-hybridized carbons (Fsp3) is 1.00. The molecule has 0 aromatic rings. The third kappa shape index (κ3) is 8.22. The molecule has 0 unspecified atom stereocenters. The van der Waals surface area contributed by atoms with Crippen molar-refractivity contribution in [1.29, 1.82) is 0 Å². The van der Waals surface area contributed by atoms with Crippen LogP contribution < -0.4 is 5.32 Å². The van der Waals surface area contributed by atoms with Crippen LogP contribution in [0.1, 0.15) is 34.1 Å². The lowest BCUT2D eigenvalue weighted by Crippen LogP contribution is -2.39. The van der Waals surface area contributed by atoms with Crippen LogP contribution in [-0.2, 0) is 0 Å². The van der Waals surface area contributed by atoms with Crippen molar-refractivity contribution in [2.45, 2.75) is 39.7 Å². The van der Waals surface area contributed by atoms with Gasteiger partial charge in [0.1, 0.15) is 0 Å². The zero-order valence-electron chi connectivity index (χ0n) is 9.22. The van der Waals surface area contributed by atoms with Crippen molar-refractivity contribution < 1.29 is 10.2 Å². The van der Waals surface area contributed by atoms with Crippen molar-refractivity contribution in [3.8, 4) is 0 Å². The van der Waals surface area contributed by atoms with E-state index in [9.17, 15) is 5.11 Å². The van der Waals surface area contributed by atoms with E-state index < -0.39 is 5.60 Å². The van der Waals surface area contributed by atoms with Gasteiger partial charge in [-0.05, 0) is 25.7 Å². The van der Waals surface area contributed by atoms with Crippen LogP contribution >= 0.6 is 0 Å². The average molecular weight is 189 g/mol. The first kappa shape index (κ1) is 12.9. The molecule has 0 aromatic heterocycles. The predicted molar refractivity (Wildman–Crippen MR) is 54.7 cm³/mol. The van der Waals surface area contributed by atoms with Crippen LogP contribution in [0.3, 0.4) is 0 Å². The highest BCUT2D eigenvalue weighted by Gasteiger charge is 2.18. The Balaban J connectivity index is 3.63. The zero-order valence-corrected chi connectivity index (χ0v) is 9.22. The molecule has 0 aliphatic carbocycles. The molecule has 0 aromatic carbocycles. The van der Waals surface area contributed by atoms with Crippen molar-refractivity contribution in [3.05, 3.63) is 0 Å². The van der Waals surface area contributed by atoms with Crippen molar-refractivity contribution in [2.24, 2.45) is 5.41 Å². The fourth-order valence-electron chi connectivity index (χ4n) is 1.10. The highest BCUT2D eigenvalue weighted by atomic mass is 16.3. The predicted octanol–water partition coefficient (Wildman–Crippen LogP) is 0.755. The number of aliphatic hydroxyl groups is 2. The number of rotatable bonds is 6. The number of aliphatic hydroxyl groups excluding tert-OH is 1. The summed E-state index contributed by atoms with van der Waals surface area (Å²) in [6.45, 7) is 9.37. The Morgan fingerprint density at radius 3 is 2.00 bits per heavy atom. The third-order valence-corrected chi connectivity index (χ3v) is 1.95. The first-order valence-electron chi connectivity index (χ1n) is 4.81. The van der Waals surface area contributed by atoms with E-state index in [4.69, 9.17) is 5.11 Å². The number of hydrogen-bond donors (Lipinski definition) is 3. The number of nitrogens with one attached hydrogen (secondary N) is 1. The standard InChI is InChI=1S/C10H23NO2/c1-9(2,5-6-12)7-11-8-10(3,4)13/h11-13H,5-8H2,1-4H3. The molecule has 0 amide bonds. The minimum Gasteiger partial charge on any atom is -0.396 e. The van der Waals surface area contributed by atoms with Gasteiger partial charge >= 0.3 is 0 Å². The molecular formula is C10H23NO2. The van der Waals surface area contributed by atoms with E-state index in [0.717, 1.165) is 13.0 Å². The van der Waals surface area contributed by atoms with Crippen molar-refractivity contribution in [1.82, 2.24) is 5.32 Å². The van der Waals surface area contributed by atoms with Crippen LogP contribution in [0, 0.1) is 5.41 Å². The minimum atomic E-state index is -0.657. The van der Waals surface area contributed by atoms with Crippen LogP contribution in [0.5, 0.6) is 0 Å². The first-order valence-corrected chi connectivity index (χ1v) is 4.81. The van der Waals surface area contributed by atoms with Crippen LogP contribution in [0.25, 0.3) is 0 Å². The van der Waals surface area contributed by atoms with E-state index in [0.29, 0.717) is 6.54 Å². The van der Waals surface area contributed by atoms with Gasteiger partial charge in [0.2, 0.25) is 0 Å². The average Bonchev–Trinajstić information content (AvgIpc) is 1.82. The van der Waals surface area contributed by atoms with Gasteiger partial charge in [-0.3, -0.25) is 0 Å². The molecule has 0 saturated carbocycles. The van der Waals surface area contributed by atoms with Gasteiger partial charge in [0.25, 0.3) is 0 Å². The van der Waals surface area contributed by atoms with E-state index in [1.165, 1.54) is 0 Å². The Morgan fingerprint density at radius 2 is 1.62 bits per heavy atom. The SMILES string of the molecule is CC(C)(O)CNCC(C)(C)CCO. The minimum absolute atomic E-state index is 0.0972. The molecule has 0 fully saturated rings. The number of hydrogen-bond acceptors (Lipinski definition) is 3. The summed E-state index contributed by atoms with van der Waals surface area (Å²) in [4.78, 5) is 0. The van der Waals surface area contributed by atoms with Gasteiger partial charge in [0.15, 0.2) is 0 Å². The Bertz CT molecular complexity index is 138. The topological polar surface area (TPSA) is 52.5 Å². The fourth-order valence-corrected chi connectivity index (χ4v) is 1.10. The summed E-state index contributed by atoms with van der Waals surface area (Å²) in [5.41, 5.74) is -0.560. The largest absolute Gasteiger partial charge is 0.396 e. The molecular weight excluding hydrogens is 166 g/mol. The smallest absolute Gasteiger partial charge is 0.0715 e. The molecule has 0 radical (unpaired) electrons. The maximum atomic E-state index is 9.43. The molecule has 0 aliphatic rings. The summed E-state index contributed by atoms with van der Waals surface area (Å²) >= 11 is 0.